The van der Waals surface area contributed by atoms with Crippen molar-refractivity contribution in [3.63, 3.8) is 0 Å². The van der Waals surface area contributed by atoms with Crippen LogP contribution in [0, 0.1) is 0 Å². The van der Waals surface area contributed by atoms with Crippen molar-refractivity contribution in [1.29, 1.82) is 0 Å². The van der Waals surface area contributed by atoms with Gasteiger partial charge >= 0.3 is 6.09 Å². The minimum absolute atomic E-state index is 0.0792. The molecule has 23 heavy (non-hydrogen) atoms. The Hall–Kier alpha value is -1.80. The lowest BCUT2D eigenvalue weighted by Crippen LogP contribution is -2.40. The van der Waals surface area contributed by atoms with Crippen LogP contribution in [-0.4, -0.2) is 45.7 Å². The van der Waals surface area contributed by atoms with Crippen molar-refractivity contribution >= 4 is 21.8 Å². The fourth-order valence-corrected chi connectivity index (χ4v) is 2.59. The molecule has 1 amide bonds. The quantitative estimate of drug-likeness (QED) is 0.762. The van der Waals surface area contributed by atoms with Gasteiger partial charge in [-0.25, -0.2) is 13.2 Å². The Morgan fingerprint density at radius 3 is 2.57 bits per heavy atom. The van der Waals surface area contributed by atoms with Crippen LogP contribution in [0.2, 0.25) is 0 Å². The number of hydrogen-bond acceptors (Lipinski definition) is 6. The molecule has 0 radical (unpaired) electrons. The molecule has 0 aliphatic carbocycles. The van der Waals surface area contributed by atoms with Crippen LogP contribution in [0.3, 0.4) is 0 Å². The van der Waals surface area contributed by atoms with Crippen molar-refractivity contribution in [2.75, 3.05) is 23.8 Å². The first-order valence-corrected chi connectivity index (χ1v) is 8.99. The Balaban J connectivity index is 2.24. The summed E-state index contributed by atoms with van der Waals surface area (Å²) in [6.45, 7) is 6.05. The van der Waals surface area contributed by atoms with E-state index in [9.17, 15) is 13.2 Å². The smallest absolute Gasteiger partial charge is 0.428 e. The summed E-state index contributed by atoms with van der Waals surface area (Å²) in [4.78, 5) is 12.3. The molecule has 1 atom stereocenters. The first-order chi connectivity index (χ1) is 10.6. The van der Waals surface area contributed by atoms with Crippen molar-refractivity contribution in [2.45, 2.75) is 32.5 Å². The fourth-order valence-electron chi connectivity index (χ4n) is 1.79. The maximum Gasteiger partial charge on any atom is 0.428 e. The first-order valence-electron chi connectivity index (χ1n) is 7.14. The topological polar surface area (TPSA) is 85.4 Å². The molecule has 0 bridgehead atoms. The highest BCUT2D eigenvalue weighted by Crippen LogP contribution is 2.26. The average Bonchev–Trinajstić information content (AvgIpc) is 3.16. The van der Waals surface area contributed by atoms with Gasteiger partial charge in [0.1, 0.15) is 24.1 Å². The van der Waals surface area contributed by atoms with Crippen LogP contribution >= 0.6 is 0 Å². The summed E-state index contributed by atoms with van der Waals surface area (Å²) in [6, 6.07) is 6.28. The molecule has 0 N–H and O–H groups in total. The van der Waals surface area contributed by atoms with Crippen LogP contribution < -0.4 is 9.04 Å². The highest BCUT2D eigenvalue weighted by atomic mass is 32.2. The molecule has 1 heterocycles. The number of ether oxygens (including phenoxy) is 3. The van der Waals surface area contributed by atoms with Crippen molar-refractivity contribution in [1.82, 2.24) is 0 Å². The molecular weight excluding hydrogens is 322 g/mol. The first kappa shape index (κ1) is 17.6. The van der Waals surface area contributed by atoms with Crippen molar-refractivity contribution in [2.24, 2.45) is 0 Å². The number of amides is 1. The van der Waals surface area contributed by atoms with E-state index >= 15 is 0 Å². The predicted molar refractivity (Wildman–Crippen MR) is 85.2 cm³/mol. The van der Waals surface area contributed by atoms with Gasteiger partial charge in [-0.3, -0.25) is 0 Å². The molecule has 1 aromatic rings. The van der Waals surface area contributed by atoms with Gasteiger partial charge in [-0.1, -0.05) is 6.07 Å². The molecular formula is C15H21NO6S. The second-order valence-corrected chi connectivity index (χ2v) is 8.10. The number of carbonyl (C=O) groups excluding carboxylic acids is 1. The van der Waals surface area contributed by atoms with Crippen LogP contribution in [-0.2, 0) is 19.5 Å². The lowest BCUT2D eigenvalue weighted by atomic mass is 10.2. The Labute approximate surface area is 136 Å². The Morgan fingerprint density at radius 1 is 1.39 bits per heavy atom. The molecule has 1 aliphatic rings. The molecule has 0 saturated carbocycles. The highest BCUT2D eigenvalue weighted by Gasteiger charge is 2.30. The van der Waals surface area contributed by atoms with E-state index in [0.717, 1.165) is 6.26 Å². The lowest BCUT2D eigenvalue weighted by molar-refractivity contribution is 0.0609. The number of epoxide rings is 1. The minimum Gasteiger partial charge on any atom is -0.491 e. The van der Waals surface area contributed by atoms with Gasteiger partial charge in [0.2, 0.25) is 10.0 Å². The van der Waals surface area contributed by atoms with E-state index in [4.69, 9.17) is 14.2 Å². The molecule has 0 aromatic heterocycles. The second-order valence-electron chi connectivity index (χ2n) is 6.27. The summed E-state index contributed by atoms with van der Waals surface area (Å²) >= 11 is 0. The van der Waals surface area contributed by atoms with Crippen LogP contribution in [0.15, 0.2) is 24.3 Å². The monoisotopic (exact) mass is 343 g/mol. The number of benzene rings is 1. The van der Waals surface area contributed by atoms with Gasteiger partial charge in [-0.05, 0) is 32.9 Å². The molecule has 7 nitrogen and oxygen atoms in total. The average molecular weight is 343 g/mol. The number of carbonyl (C=O) groups is 1. The summed E-state index contributed by atoms with van der Waals surface area (Å²) in [6.07, 6.45) is 0.0702. The molecule has 1 aliphatic heterocycles. The fraction of sp³-hybridized carbons (Fsp3) is 0.533. The van der Waals surface area contributed by atoms with E-state index in [1.54, 1.807) is 32.9 Å². The predicted octanol–water partition coefficient (Wildman–Crippen LogP) is 2.17. The van der Waals surface area contributed by atoms with Gasteiger partial charge in [-0.15, -0.1) is 0 Å². The third-order valence-electron chi connectivity index (χ3n) is 2.78. The van der Waals surface area contributed by atoms with Crippen LogP contribution in [0.25, 0.3) is 0 Å². The second kappa shape index (κ2) is 6.37. The number of nitrogens with zero attached hydrogens (tertiary/aromatic N) is 1. The van der Waals surface area contributed by atoms with Crippen molar-refractivity contribution in [3.05, 3.63) is 24.3 Å². The number of sulfonamides is 1. The summed E-state index contributed by atoms with van der Waals surface area (Å²) in [5, 5.41) is 0. The van der Waals surface area contributed by atoms with Crippen LogP contribution in [0.1, 0.15) is 20.8 Å². The van der Waals surface area contributed by atoms with E-state index in [1.807, 2.05) is 0 Å². The molecule has 1 saturated heterocycles. The Kier molecular flexibility index (Phi) is 4.86. The molecule has 0 spiro atoms. The number of anilines is 1. The number of rotatable bonds is 5. The zero-order valence-corrected chi connectivity index (χ0v) is 14.4. The molecule has 1 fully saturated rings. The maximum atomic E-state index is 12.3. The Morgan fingerprint density at radius 2 is 2.04 bits per heavy atom. The van der Waals surface area contributed by atoms with Crippen molar-refractivity contribution in [3.8, 4) is 5.75 Å². The van der Waals surface area contributed by atoms with Gasteiger partial charge < -0.3 is 14.2 Å². The Bertz CT molecular complexity index is 675. The van der Waals surface area contributed by atoms with E-state index in [2.05, 4.69) is 0 Å². The van der Waals surface area contributed by atoms with Crippen LogP contribution in [0.4, 0.5) is 10.5 Å². The van der Waals surface area contributed by atoms with Gasteiger partial charge in [-0.2, -0.15) is 4.31 Å². The van der Waals surface area contributed by atoms with Gasteiger partial charge in [0.25, 0.3) is 0 Å². The standard InChI is InChI=1S/C15H21NO6S/c1-15(2,3)22-14(17)16(23(4,18)19)11-6-5-7-12(8-11)20-9-13-10-21-13/h5-8,13H,9-10H2,1-4H3. The zero-order valence-electron chi connectivity index (χ0n) is 13.6. The van der Waals surface area contributed by atoms with Gasteiger partial charge in [0, 0.05) is 6.07 Å². The van der Waals surface area contributed by atoms with Gasteiger partial charge in [0.05, 0.1) is 18.6 Å². The minimum atomic E-state index is -3.85. The van der Waals surface area contributed by atoms with E-state index < -0.39 is 21.7 Å². The molecule has 1 unspecified atom stereocenters. The van der Waals surface area contributed by atoms with E-state index in [1.165, 1.54) is 12.1 Å². The maximum absolute atomic E-state index is 12.3. The summed E-state index contributed by atoms with van der Waals surface area (Å²) in [7, 11) is -3.85. The third-order valence-corrected chi connectivity index (χ3v) is 3.80. The van der Waals surface area contributed by atoms with E-state index in [-0.39, 0.29) is 11.8 Å². The molecule has 8 heteroatoms. The van der Waals surface area contributed by atoms with Crippen molar-refractivity contribution < 1.29 is 27.4 Å². The largest absolute Gasteiger partial charge is 0.491 e. The SMILES string of the molecule is CC(C)(C)OC(=O)N(c1cccc(OCC2CO2)c1)S(C)(=O)=O. The van der Waals surface area contributed by atoms with Crippen LogP contribution in [0.5, 0.6) is 5.75 Å². The van der Waals surface area contributed by atoms with Gasteiger partial charge in [0.15, 0.2) is 0 Å². The summed E-state index contributed by atoms with van der Waals surface area (Å²) in [5.41, 5.74) is -0.645. The number of hydrogen-bond donors (Lipinski definition) is 0. The molecule has 2 rings (SSSR count). The van der Waals surface area contributed by atoms with E-state index in [0.29, 0.717) is 23.3 Å². The zero-order chi connectivity index (χ0) is 17.3. The summed E-state index contributed by atoms with van der Waals surface area (Å²) in [5.74, 6) is 0.454. The lowest BCUT2D eigenvalue weighted by Gasteiger charge is -2.26. The third kappa shape index (κ3) is 5.40. The normalized spacial score (nSPS) is 17.5. The molecule has 128 valence electrons. The summed E-state index contributed by atoms with van der Waals surface area (Å²) < 4.78 is 40.4. The highest BCUT2D eigenvalue weighted by molar-refractivity contribution is 7.92. The molecule has 1 aromatic carbocycles.